The van der Waals surface area contributed by atoms with Gasteiger partial charge in [-0.25, -0.2) is 0 Å². The van der Waals surface area contributed by atoms with Gasteiger partial charge in [-0.3, -0.25) is 4.90 Å². The fourth-order valence-corrected chi connectivity index (χ4v) is 3.80. The molecule has 1 aromatic carbocycles. The van der Waals surface area contributed by atoms with E-state index in [4.69, 9.17) is 5.73 Å². The van der Waals surface area contributed by atoms with E-state index in [-0.39, 0.29) is 5.41 Å². The van der Waals surface area contributed by atoms with Crippen LogP contribution in [0.1, 0.15) is 50.7 Å². The Kier molecular flexibility index (Phi) is 2.86. The third kappa shape index (κ3) is 2.03. The summed E-state index contributed by atoms with van der Waals surface area (Å²) >= 11 is 0. The summed E-state index contributed by atoms with van der Waals surface area (Å²) in [5, 5.41) is 0. The molecule has 0 unspecified atom stereocenters. The first kappa shape index (κ1) is 12.0. The van der Waals surface area contributed by atoms with Crippen molar-refractivity contribution in [1.82, 2.24) is 4.90 Å². The molecule has 3 rings (SSSR count). The van der Waals surface area contributed by atoms with E-state index >= 15 is 0 Å². The molecule has 1 fully saturated rings. The second-order valence-electron chi connectivity index (χ2n) is 6.64. The topological polar surface area (TPSA) is 29.3 Å². The molecular weight excluding hydrogens is 220 g/mol. The molecule has 2 aliphatic rings. The van der Waals surface area contributed by atoms with Crippen LogP contribution in [0.25, 0.3) is 0 Å². The highest BCUT2D eigenvalue weighted by molar-refractivity contribution is 5.48. The first-order valence-electron chi connectivity index (χ1n) is 7.19. The normalized spacial score (nSPS) is 24.1. The number of rotatable bonds is 1. The molecular formula is C16H24N2. The van der Waals surface area contributed by atoms with E-state index in [1.165, 1.54) is 43.4 Å². The van der Waals surface area contributed by atoms with Gasteiger partial charge < -0.3 is 5.73 Å². The summed E-state index contributed by atoms with van der Waals surface area (Å²) in [6.07, 6.45) is 5.58. The number of nitrogens with two attached hydrogens (primary N) is 1. The van der Waals surface area contributed by atoms with Gasteiger partial charge in [-0.15, -0.1) is 0 Å². The summed E-state index contributed by atoms with van der Waals surface area (Å²) in [6.45, 7) is 7.01. The minimum Gasteiger partial charge on any atom is -0.399 e. The van der Waals surface area contributed by atoms with Crippen LogP contribution >= 0.6 is 0 Å². The lowest BCUT2D eigenvalue weighted by atomic mass is 9.77. The van der Waals surface area contributed by atoms with Crippen molar-refractivity contribution in [3.8, 4) is 0 Å². The molecule has 0 aromatic heterocycles. The van der Waals surface area contributed by atoms with Crippen molar-refractivity contribution in [1.29, 1.82) is 0 Å². The van der Waals surface area contributed by atoms with E-state index in [0.717, 1.165) is 18.3 Å². The summed E-state index contributed by atoms with van der Waals surface area (Å²) in [4.78, 5) is 2.69. The van der Waals surface area contributed by atoms with Gasteiger partial charge in [0, 0.05) is 30.2 Å². The van der Waals surface area contributed by atoms with Crippen molar-refractivity contribution < 1.29 is 0 Å². The van der Waals surface area contributed by atoms with Crippen molar-refractivity contribution in [2.45, 2.75) is 57.5 Å². The SMILES string of the molecule is CC1(C)CN(C2CCCC2)Cc2cc(N)ccc21. The number of benzene rings is 1. The zero-order valence-electron chi connectivity index (χ0n) is 11.6. The highest BCUT2D eigenvalue weighted by Gasteiger charge is 2.35. The third-order valence-electron chi connectivity index (χ3n) is 4.67. The second kappa shape index (κ2) is 4.27. The lowest BCUT2D eigenvalue weighted by molar-refractivity contribution is 0.138. The Morgan fingerprint density at radius 3 is 2.67 bits per heavy atom. The van der Waals surface area contributed by atoms with Gasteiger partial charge in [0.2, 0.25) is 0 Å². The van der Waals surface area contributed by atoms with Crippen LogP contribution in [-0.4, -0.2) is 17.5 Å². The monoisotopic (exact) mass is 244 g/mol. The van der Waals surface area contributed by atoms with Crippen LogP contribution in [0, 0.1) is 0 Å². The smallest absolute Gasteiger partial charge is 0.0317 e. The second-order valence-corrected chi connectivity index (χ2v) is 6.64. The number of anilines is 1. The predicted octanol–water partition coefficient (Wildman–Crippen LogP) is 3.30. The number of nitrogen functional groups attached to an aromatic ring is 1. The van der Waals surface area contributed by atoms with Crippen LogP contribution in [-0.2, 0) is 12.0 Å². The highest BCUT2D eigenvalue weighted by Crippen LogP contribution is 2.37. The highest BCUT2D eigenvalue weighted by atomic mass is 15.2. The zero-order chi connectivity index (χ0) is 12.8. The van der Waals surface area contributed by atoms with Crippen molar-refractivity contribution in [2.24, 2.45) is 0 Å². The van der Waals surface area contributed by atoms with Gasteiger partial charge in [0.1, 0.15) is 0 Å². The number of hydrogen-bond acceptors (Lipinski definition) is 2. The fraction of sp³-hybridized carbons (Fsp3) is 0.625. The Hall–Kier alpha value is -1.02. The molecule has 2 heteroatoms. The van der Waals surface area contributed by atoms with Gasteiger partial charge in [-0.1, -0.05) is 32.8 Å². The van der Waals surface area contributed by atoms with Crippen LogP contribution in [0.2, 0.25) is 0 Å². The molecule has 98 valence electrons. The maximum Gasteiger partial charge on any atom is 0.0317 e. The van der Waals surface area contributed by atoms with Crippen LogP contribution in [0.4, 0.5) is 5.69 Å². The van der Waals surface area contributed by atoms with Crippen LogP contribution < -0.4 is 5.73 Å². The number of nitrogens with zero attached hydrogens (tertiary/aromatic N) is 1. The molecule has 0 radical (unpaired) electrons. The maximum absolute atomic E-state index is 5.95. The van der Waals surface area contributed by atoms with Crippen LogP contribution in [0.3, 0.4) is 0 Å². The average molecular weight is 244 g/mol. The van der Waals surface area contributed by atoms with Gasteiger partial charge in [-0.2, -0.15) is 0 Å². The van der Waals surface area contributed by atoms with Gasteiger partial charge in [-0.05, 0) is 36.1 Å². The third-order valence-corrected chi connectivity index (χ3v) is 4.67. The lowest BCUT2D eigenvalue weighted by Gasteiger charge is -2.43. The van der Waals surface area contributed by atoms with E-state index in [1.54, 1.807) is 0 Å². The Morgan fingerprint density at radius 2 is 1.94 bits per heavy atom. The van der Waals surface area contributed by atoms with Gasteiger partial charge >= 0.3 is 0 Å². The molecule has 2 nitrogen and oxygen atoms in total. The maximum atomic E-state index is 5.95. The largest absolute Gasteiger partial charge is 0.399 e. The zero-order valence-corrected chi connectivity index (χ0v) is 11.6. The molecule has 0 bridgehead atoms. The molecule has 1 heterocycles. The Morgan fingerprint density at radius 1 is 1.22 bits per heavy atom. The van der Waals surface area contributed by atoms with E-state index in [9.17, 15) is 0 Å². The predicted molar refractivity (Wildman–Crippen MR) is 76.5 cm³/mol. The van der Waals surface area contributed by atoms with E-state index in [1.807, 2.05) is 6.07 Å². The van der Waals surface area contributed by atoms with Crippen molar-refractivity contribution in [2.75, 3.05) is 12.3 Å². The van der Waals surface area contributed by atoms with Gasteiger partial charge in [0.05, 0.1) is 0 Å². The summed E-state index contributed by atoms with van der Waals surface area (Å²) in [5.41, 5.74) is 10.0. The summed E-state index contributed by atoms with van der Waals surface area (Å²) in [7, 11) is 0. The van der Waals surface area contributed by atoms with Crippen molar-refractivity contribution in [3.63, 3.8) is 0 Å². The molecule has 0 amide bonds. The molecule has 1 aliphatic carbocycles. The minimum absolute atomic E-state index is 0.254. The Labute approximate surface area is 110 Å². The standard InChI is InChI=1S/C16H24N2/c1-16(2)11-18(14-5-3-4-6-14)10-12-9-13(17)7-8-15(12)16/h7-9,14H,3-6,10-11,17H2,1-2H3. The lowest BCUT2D eigenvalue weighted by Crippen LogP contribution is -2.46. The summed E-state index contributed by atoms with van der Waals surface area (Å²) in [6, 6.07) is 7.26. The van der Waals surface area contributed by atoms with Crippen molar-refractivity contribution >= 4 is 5.69 Å². The molecule has 2 N–H and O–H groups in total. The molecule has 0 saturated heterocycles. The van der Waals surface area contributed by atoms with E-state index < -0.39 is 0 Å². The van der Waals surface area contributed by atoms with E-state index in [2.05, 4.69) is 30.9 Å². The quantitative estimate of drug-likeness (QED) is 0.768. The molecule has 1 aromatic rings. The Bertz CT molecular complexity index is 444. The molecule has 0 spiro atoms. The average Bonchev–Trinajstić information content (AvgIpc) is 2.80. The number of hydrogen-bond donors (Lipinski definition) is 1. The van der Waals surface area contributed by atoms with Gasteiger partial charge in [0.25, 0.3) is 0 Å². The first-order chi connectivity index (χ1) is 8.56. The molecule has 0 atom stereocenters. The molecule has 18 heavy (non-hydrogen) atoms. The minimum atomic E-state index is 0.254. The van der Waals surface area contributed by atoms with Crippen molar-refractivity contribution in [3.05, 3.63) is 29.3 Å². The molecule has 1 saturated carbocycles. The summed E-state index contributed by atoms with van der Waals surface area (Å²) in [5.74, 6) is 0. The number of fused-ring (bicyclic) bond motifs is 1. The Balaban J connectivity index is 1.93. The fourth-order valence-electron chi connectivity index (χ4n) is 3.80. The molecule has 1 aliphatic heterocycles. The van der Waals surface area contributed by atoms with Gasteiger partial charge in [0.15, 0.2) is 0 Å². The first-order valence-corrected chi connectivity index (χ1v) is 7.19. The van der Waals surface area contributed by atoms with E-state index in [0.29, 0.717) is 0 Å². The summed E-state index contributed by atoms with van der Waals surface area (Å²) < 4.78 is 0. The van der Waals surface area contributed by atoms with Crippen LogP contribution in [0.5, 0.6) is 0 Å². The van der Waals surface area contributed by atoms with Crippen LogP contribution in [0.15, 0.2) is 18.2 Å².